The highest BCUT2D eigenvalue weighted by molar-refractivity contribution is 7.14. The quantitative estimate of drug-likeness (QED) is 0.910. The summed E-state index contributed by atoms with van der Waals surface area (Å²) in [6.07, 6.45) is 0. The highest BCUT2D eigenvalue weighted by atomic mass is 32.1. The molecular weight excluding hydrogens is 270 g/mol. The van der Waals surface area contributed by atoms with Crippen LogP contribution in [0, 0.1) is 0 Å². The summed E-state index contributed by atoms with van der Waals surface area (Å²) in [5.74, 6) is -0.214. The molecule has 0 saturated heterocycles. The molecule has 18 heavy (non-hydrogen) atoms. The minimum absolute atomic E-state index is 0.258. The maximum atomic E-state index is 11.1. The van der Waals surface area contributed by atoms with Gasteiger partial charge in [-0.1, -0.05) is 13.8 Å². The monoisotopic (exact) mass is 283 g/mol. The van der Waals surface area contributed by atoms with Gasteiger partial charge in [0.2, 0.25) is 0 Å². The molecule has 0 aliphatic rings. The lowest BCUT2D eigenvalue weighted by Gasteiger charge is -2.02. The molecule has 1 N–H and O–H groups in total. The Hall–Kier alpha value is -1.40. The lowest BCUT2D eigenvalue weighted by Crippen LogP contribution is -2.00. The molecule has 2 heterocycles. The molecule has 96 valence electrons. The van der Waals surface area contributed by atoms with Crippen LogP contribution in [-0.2, 0) is 6.61 Å². The van der Waals surface area contributed by atoms with Crippen LogP contribution in [0.15, 0.2) is 17.0 Å². The number of carboxylic acids is 1. The minimum Gasteiger partial charge on any atom is -0.485 e. The highest BCUT2D eigenvalue weighted by Crippen LogP contribution is 2.34. The summed E-state index contributed by atoms with van der Waals surface area (Å²) in [4.78, 5) is 16.5. The fourth-order valence-electron chi connectivity index (χ4n) is 1.39. The number of thiazole rings is 1. The van der Waals surface area contributed by atoms with E-state index in [-0.39, 0.29) is 4.88 Å². The SMILES string of the molecule is CC(C)c1cc(OCc2cscn2)c(C(=O)O)s1. The number of carboxylic acid groups (broad SMARTS) is 1. The van der Waals surface area contributed by atoms with E-state index in [1.54, 1.807) is 5.51 Å². The second kappa shape index (κ2) is 5.49. The van der Waals surface area contributed by atoms with Gasteiger partial charge in [-0.05, 0) is 12.0 Å². The van der Waals surface area contributed by atoms with Crippen LogP contribution in [-0.4, -0.2) is 16.1 Å². The number of ether oxygens (including phenoxy) is 1. The Balaban J connectivity index is 2.17. The lowest BCUT2D eigenvalue weighted by atomic mass is 10.2. The van der Waals surface area contributed by atoms with E-state index in [1.807, 2.05) is 25.3 Å². The number of aromatic carboxylic acids is 1. The minimum atomic E-state index is -0.944. The van der Waals surface area contributed by atoms with Crippen molar-refractivity contribution in [1.82, 2.24) is 4.98 Å². The first-order valence-corrected chi connectivity index (χ1v) is 7.20. The van der Waals surface area contributed by atoms with Gasteiger partial charge in [0.1, 0.15) is 12.4 Å². The zero-order chi connectivity index (χ0) is 13.1. The van der Waals surface area contributed by atoms with E-state index in [4.69, 9.17) is 9.84 Å². The van der Waals surface area contributed by atoms with Crippen molar-refractivity contribution in [3.05, 3.63) is 32.4 Å². The van der Waals surface area contributed by atoms with Gasteiger partial charge in [0, 0.05) is 10.3 Å². The molecule has 0 saturated carbocycles. The summed E-state index contributed by atoms with van der Waals surface area (Å²) in [7, 11) is 0. The van der Waals surface area contributed by atoms with Crippen LogP contribution in [0.3, 0.4) is 0 Å². The van der Waals surface area contributed by atoms with Crippen molar-refractivity contribution < 1.29 is 14.6 Å². The molecule has 0 spiro atoms. The van der Waals surface area contributed by atoms with Gasteiger partial charge in [0.15, 0.2) is 4.88 Å². The molecule has 0 aromatic carbocycles. The lowest BCUT2D eigenvalue weighted by molar-refractivity contribution is 0.0697. The first-order valence-electron chi connectivity index (χ1n) is 5.44. The third kappa shape index (κ3) is 2.88. The highest BCUT2D eigenvalue weighted by Gasteiger charge is 2.18. The average molecular weight is 283 g/mol. The summed E-state index contributed by atoms with van der Waals surface area (Å²) in [6.45, 7) is 4.36. The van der Waals surface area contributed by atoms with Crippen LogP contribution in [0.25, 0.3) is 0 Å². The fraction of sp³-hybridized carbons (Fsp3) is 0.333. The molecule has 0 radical (unpaired) electrons. The van der Waals surface area contributed by atoms with Crippen LogP contribution >= 0.6 is 22.7 Å². The van der Waals surface area contributed by atoms with Crippen molar-refractivity contribution in [2.24, 2.45) is 0 Å². The van der Waals surface area contributed by atoms with Gasteiger partial charge in [0.25, 0.3) is 0 Å². The third-order valence-electron chi connectivity index (χ3n) is 2.34. The predicted octanol–water partition coefficient (Wildman–Crippen LogP) is 3.61. The van der Waals surface area contributed by atoms with Gasteiger partial charge >= 0.3 is 5.97 Å². The zero-order valence-corrected chi connectivity index (χ0v) is 11.7. The first-order chi connectivity index (χ1) is 8.58. The Bertz CT molecular complexity index is 532. The number of rotatable bonds is 5. The van der Waals surface area contributed by atoms with Gasteiger partial charge in [0.05, 0.1) is 11.2 Å². The van der Waals surface area contributed by atoms with Crippen LogP contribution in [0.5, 0.6) is 5.75 Å². The maximum Gasteiger partial charge on any atom is 0.349 e. The van der Waals surface area contributed by atoms with Crippen LogP contribution in [0.1, 0.15) is 40.0 Å². The number of aromatic nitrogens is 1. The Labute approximate surface area is 113 Å². The van der Waals surface area contributed by atoms with Gasteiger partial charge in [-0.3, -0.25) is 0 Å². The molecule has 2 aromatic heterocycles. The van der Waals surface area contributed by atoms with E-state index >= 15 is 0 Å². The van der Waals surface area contributed by atoms with Gasteiger partial charge in [-0.25, -0.2) is 9.78 Å². The molecule has 6 heteroatoms. The van der Waals surface area contributed by atoms with Crippen molar-refractivity contribution in [2.75, 3.05) is 0 Å². The Morgan fingerprint density at radius 1 is 1.56 bits per heavy atom. The number of thiophene rings is 1. The molecule has 0 amide bonds. The smallest absolute Gasteiger partial charge is 0.349 e. The van der Waals surface area contributed by atoms with Crippen molar-refractivity contribution in [3.8, 4) is 5.75 Å². The molecule has 0 unspecified atom stereocenters. The largest absolute Gasteiger partial charge is 0.485 e. The van der Waals surface area contributed by atoms with Crippen molar-refractivity contribution in [1.29, 1.82) is 0 Å². The molecule has 0 atom stereocenters. The Morgan fingerprint density at radius 2 is 2.33 bits per heavy atom. The van der Waals surface area contributed by atoms with Crippen molar-refractivity contribution in [2.45, 2.75) is 26.4 Å². The topological polar surface area (TPSA) is 59.4 Å². The molecule has 0 bridgehead atoms. The molecule has 0 aliphatic heterocycles. The zero-order valence-electron chi connectivity index (χ0n) is 10.0. The van der Waals surface area contributed by atoms with E-state index in [1.165, 1.54) is 22.7 Å². The number of hydrogen-bond donors (Lipinski definition) is 1. The summed E-state index contributed by atoms with van der Waals surface area (Å²) in [6, 6.07) is 1.81. The number of nitrogens with zero attached hydrogens (tertiary/aromatic N) is 1. The molecule has 0 aliphatic carbocycles. The van der Waals surface area contributed by atoms with Crippen LogP contribution in [0.2, 0.25) is 0 Å². The molecular formula is C12H13NO3S2. The second-order valence-electron chi connectivity index (χ2n) is 4.07. The maximum absolute atomic E-state index is 11.1. The molecule has 0 fully saturated rings. The van der Waals surface area contributed by atoms with Gasteiger partial charge < -0.3 is 9.84 Å². The van der Waals surface area contributed by atoms with Crippen LogP contribution in [0.4, 0.5) is 0 Å². The Kier molecular flexibility index (Phi) is 3.98. The van der Waals surface area contributed by atoms with E-state index in [0.717, 1.165) is 10.6 Å². The fourth-order valence-corrected chi connectivity index (χ4v) is 2.88. The van der Waals surface area contributed by atoms with E-state index in [0.29, 0.717) is 18.3 Å². The van der Waals surface area contributed by atoms with E-state index in [2.05, 4.69) is 4.98 Å². The number of hydrogen-bond acceptors (Lipinski definition) is 5. The van der Waals surface area contributed by atoms with Crippen molar-refractivity contribution in [3.63, 3.8) is 0 Å². The average Bonchev–Trinajstić information content (AvgIpc) is 2.95. The second-order valence-corrected chi connectivity index (χ2v) is 5.87. The van der Waals surface area contributed by atoms with E-state index < -0.39 is 5.97 Å². The third-order valence-corrected chi connectivity index (χ3v) is 4.38. The molecule has 4 nitrogen and oxygen atoms in total. The van der Waals surface area contributed by atoms with Crippen molar-refractivity contribution >= 4 is 28.6 Å². The Morgan fingerprint density at radius 3 is 2.89 bits per heavy atom. The summed E-state index contributed by atoms with van der Waals surface area (Å²) in [5, 5.41) is 11.0. The normalized spacial score (nSPS) is 10.8. The number of carbonyl (C=O) groups is 1. The standard InChI is InChI=1S/C12H13NO3S2/c1-7(2)10-3-9(11(18-10)12(14)15)16-4-8-5-17-6-13-8/h3,5-7H,4H2,1-2H3,(H,14,15). The summed E-state index contributed by atoms with van der Waals surface area (Å²) in [5.41, 5.74) is 2.54. The molecule has 2 rings (SSSR count). The van der Waals surface area contributed by atoms with E-state index in [9.17, 15) is 4.79 Å². The van der Waals surface area contributed by atoms with Crippen LogP contribution < -0.4 is 4.74 Å². The van der Waals surface area contributed by atoms with Gasteiger partial charge in [-0.2, -0.15) is 0 Å². The molecule has 2 aromatic rings. The first kappa shape index (κ1) is 13.0. The van der Waals surface area contributed by atoms with Gasteiger partial charge in [-0.15, -0.1) is 22.7 Å². The summed E-state index contributed by atoms with van der Waals surface area (Å²) >= 11 is 2.76. The summed E-state index contributed by atoms with van der Waals surface area (Å²) < 4.78 is 5.55. The predicted molar refractivity (Wildman–Crippen MR) is 71.8 cm³/mol.